The third-order valence-electron chi connectivity index (χ3n) is 16.9. The van der Waals surface area contributed by atoms with E-state index in [0.717, 1.165) is 21.8 Å². The largest absolute Gasteiger partial charge is 0.497 e. The van der Waals surface area contributed by atoms with E-state index in [1.54, 1.807) is 49.7 Å². The van der Waals surface area contributed by atoms with E-state index in [9.17, 15) is 75.1 Å². The molecule has 0 bridgehead atoms. The second kappa shape index (κ2) is 32.9. The minimum absolute atomic E-state index is 0.0508. The number of sulfonamides is 1. The molecular formula is C65H85N8O21S5+. The van der Waals surface area contributed by atoms with Crippen LogP contribution in [-0.4, -0.2) is 179 Å². The summed E-state index contributed by atoms with van der Waals surface area (Å²) in [6, 6.07) is 9.42. The zero-order valence-electron chi connectivity index (χ0n) is 56.1. The van der Waals surface area contributed by atoms with Gasteiger partial charge in [-0.2, -0.15) is 42.6 Å². The van der Waals surface area contributed by atoms with E-state index in [0.29, 0.717) is 72.8 Å². The molecule has 0 fully saturated rings. The third kappa shape index (κ3) is 19.4. The number of hydroxylamine groups is 1. The van der Waals surface area contributed by atoms with Gasteiger partial charge < -0.3 is 29.2 Å². The second-order valence-corrected chi connectivity index (χ2v) is 32.1. The molecule has 99 heavy (non-hydrogen) atoms. The summed E-state index contributed by atoms with van der Waals surface area (Å²) in [7, 11) is -22.8. The molecule has 540 valence electrons. The number of methoxy groups -OCH3 is 1. The van der Waals surface area contributed by atoms with Crippen molar-refractivity contribution in [3.63, 3.8) is 0 Å². The predicted octanol–water partition coefficient (Wildman–Crippen LogP) is 7.00. The minimum Gasteiger partial charge on any atom is -0.497 e. The number of carbonyl (C=O) groups is 2. The summed E-state index contributed by atoms with van der Waals surface area (Å²) >= 11 is 0. The van der Waals surface area contributed by atoms with Gasteiger partial charge in [0.25, 0.3) is 46.4 Å². The van der Waals surface area contributed by atoms with Crippen LogP contribution in [0.2, 0.25) is 0 Å². The lowest BCUT2D eigenvalue weighted by Crippen LogP contribution is -2.51. The molecule has 2 aliphatic heterocycles. The van der Waals surface area contributed by atoms with Crippen LogP contribution in [0.1, 0.15) is 91.8 Å². The predicted molar refractivity (Wildman–Crippen MR) is 367 cm³/mol. The molecule has 0 radical (unpaired) electrons. The van der Waals surface area contributed by atoms with Crippen molar-refractivity contribution >= 4 is 84.5 Å². The number of hydrogen-bond acceptors (Lipinski definition) is 20. The van der Waals surface area contributed by atoms with Crippen molar-refractivity contribution in [2.75, 3.05) is 71.3 Å². The molecule has 1 aliphatic carbocycles. The van der Waals surface area contributed by atoms with Crippen molar-refractivity contribution in [3.8, 4) is 5.75 Å². The molecule has 0 saturated carbocycles. The number of ether oxygens (including phenoxy) is 4. The molecule has 4 aromatic rings. The average Bonchev–Trinajstić information content (AvgIpc) is 1.59. The summed E-state index contributed by atoms with van der Waals surface area (Å²) in [6.45, 7) is 19.0. The van der Waals surface area contributed by atoms with Gasteiger partial charge in [-0.15, -0.1) is 5.10 Å². The maximum atomic E-state index is 13.9. The van der Waals surface area contributed by atoms with Crippen LogP contribution in [0.3, 0.4) is 0 Å². The van der Waals surface area contributed by atoms with Crippen LogP contribution in [0, 0.1) is 11.3 Å². The lowest BCUT2D eigenvalue weighted by atomic mass is 9.78. The second-order valence-electron chi connectivity index (χ2n) is 24.6. The maximum Gasteiger partial charge on any atom is 0.295 e. The molecule has 3 aromatic carbocycles. The van der Waals surface area contributed by atoms with Crippen LogP contribution in [0.5, 0.6) is 5.75 Å². The van der Waals surface area contributed by atoms with Crippen LogP contribution in [0.15, 0.2) is 163 Å². The van der Waals surface area contributed by atoms with Crippen molar-refractivity contribution in [1.82, 2.24) is 30.1 Å². The standard InChI is InChI=1S/C65H84N8O21S5/c1-10-71-55-29-26-51-52(39-50(97(82,83)84)41-57(51)99(88,89)90)61(55)65(7,8)59(71)18-14-11-13-17-58-64(5,6)53-27-25-49(96(79,80)81)40-56(98(85,86)87)45(4)20-28-54(53)72(58)31-16-12-15-19-60(74)66-30-33-92-35-37-94-38-36-93-34-32-70-42-46(67-69-70)43-73(62(44(2)3)63(75)68-76)95(77,78)48-23-21-47(91-9)22-24-48/h11,13-14,17-18,20-26,28-29,39-42,44,62H,4,10,12,15-16,19,27,30-38,43H2,1-3,5-9H3,(H6-,66,67,68,69,74,75,76,79,80,81,82,83,84,85,86,87,88,89,90)/p+1/b28-20-,49-25+,56-40+/t62-/m1/s1. The molecule has 3 heterocycles. The van der Waals surface area contributed by atoms with Gasteiger partial charge >= 0.3 is 0 Å². The summed E-state index contributed by atoms with van der Waals surface area (Å²) in [4.78, 5) is 24.6. The number of likely N-dealkylation sites (N-methyl/N-ethyl adjacent to an activating group) is 1. The molecule has 0 unspecified atom stereocenters. The molecule has 3 aliphatic rings. The molecule has 0 spiro atoms. The Labute approximate surface area is 577 Å². The Morgan fingerprint density at radius 1 is 0.778 bits per heavy atom. The van der Waals surface area contributed by atoms with Crippen molar-refractivity contribution < 1.29 is 98.6 Å². The zero-order valence-corrected chi connectivity index (χ0v) is 60.1. The van der Waals surface area contributed by atoms with Crippen molar-refractivity contribution in [2.24, 2.45) is 11.3 Å². The molecule has 0 saturated heterocycles. The van der Waals surface area contributed by atoms with E-state index in [2.05, 4.69) is 22.2 Å². The smallest absolute Gasteiger partial charge is 0.295 e. The zero-order chi connectivity index (χ0) is 73.1. The normalized spacial score (nSPS) is 18.3. The van der Waals surface area contributed by atoms with E-state index in [1.165, 1.54) is 60.5 Å². The Kier molecular flexibility index (Phi) is 26.2. The molecule has 7 N–H and O–H groups in total. The Bertz CT molecular complexity index is 4570. The summed E-state index contributed by atoms with van der Waals surface area (Å²) in [6.07, 6.45) is 17.1. The number of allylic oxidation sites excluding steroid dienone is 12. The van der Waals surface area contributed by atoms with E-state index >= 15 is 0 Å². The van der Waals surface area contributed by atoms with Gasteiger partial charge in [0.2, 0.25) is 21.6 Å². The highest BCUT2D eigenvalue weighted by atomic mass is 32.2. The van der Waals surface area contributed by atoms with Crippen LogP contribution in [-0.2, 0) is 92.8 Å². The molecule has 7 rings (SSSR count). The highest BCUT2D eigenvalue weighted by Gasteiger charge is 2.46. The van der Waals surface area contributed by atoms with Crippen LogP contribution < -0.4 is 20.4 Å². The number of benzene rings is 3. The first-order chi connectivity index (χ1) is 46.4. The maximum absolute atomic E-state index is 13.9. The molecule has 1 aromatic heterocycles. The first-order valence-corrected chi connectivity index (χ1v) is 38.6. The number of hydrogen-bond donors (Lipinski definition) is 7. The molecule has 2 amide bonds. The highest BCUT2D eigenvalue weighted by molar-refractivity contribution is 7.91. The van der Waals surface area contributed by atoms with Gasteiger partial charge in [0.15, 0.2) is 5.71 Å². The van der Waals surface area contributed by atoms with Crippen LogP contribution in [0.4, 0.5) is 5.69 Å². The number of rotatable bonds is 34. The number of anilines is 1. The van der Waals surface area contributed by atoms with Gasteiger partial charge in [-0.1, -0.05) is 69.9 Å². The first kappa shape index (κ1) is 78.9. The van der Waals surface area contributed by atoms with Crippen LogP contribution in [0.25, 0.3) is 10.8 Å². The van der Waals surface area contributed by atoms with Gasteiger partial charge in [0, 0.05) is 72.0 Å². The van der Waals surface area contributed by atoms with E-state index in [-0.39, 0.29) is 105 Å². The van der Waals surface area contributed by atoms with E-state index < -0.39 is 98.8 Å². The number of amides is 2. The number of nitrogens with zero attached hydrogens (tertiary/aromatic N) is 6. The van der Waals surface area contributed by atoms with Gasteiger partial charge in [-0.3, -0.25) is 33.0 Å². The van der Waals surface area contributed by atoms with E-state index in [1.807, 2.05) is 56.2 Å². The molecule has 1 atom stereocenters. The van der Waals surface area contributed by atoms with Crippen LogP contribution >= 0.6 is 0 Å². The van der Waals surface area contributed by atoms with Gasteiger partial charge in [-0.25, -0.2) is 18.6 Å². The third-order valence-corrected chi connectivity index (χ3v) is 22.3. The molecule has 29 nitrogen and oxygen atoms in total. The monoisotopic (exact) mass is 1470 g/mol. The summed E-state index contributed by atoms with van der Waals surface area (Å²) in [5.74, 6) is -1.21. The summed E-state index contributed by atoms with van der Waals surface area (Å²) in [5.41, 5.74) is 3.72. The number of fused-ring (bicyclic) bond motifs is 3. The summed E-state index contributed by atoms with van der Waals surface area (Å²) < 4.78 is 195. The lowest BCUT2D eigenvalue weighted by molar-refractivity contribution is -0.470. The number of aromatic nitrogens is 3. The Balaban J connectivity index is 0.925. The molecular weight excluding hydrogens is 1390 g/mol. The Morgan fingerprint density at radius 2 is 1.44 bits per heavy atom. The number of carbonyl (C=O) groups excluding carboxylic acids is 2. The lowest BCUT2D eigenvalue weighted by Gasteiger charge is -2.31. The number of nitrogens with one attached hydrogen (secondary N) is 2. The van der Waals surface area contributed by atoms with Gasteiger partial charge in [-0.05, 0) is 123 Å². The number of unbranched alkanes of at least 4 members (excludes halogenated alkanes) is 2. The average molecular weight is 1470 g/mol. The van der Waals surface area contributed by atoms with Gasteiger partial charge in [0.1, 0.15) is 28.1 Å². The Hall–Kier alpha value is -7.42. The van der Waals surface area contributed by atoms with E-state index in [4.69, 9.17) is 18.9 Å². The highest BCUT2D eigenvalue weighted by Crippen LogP contribution is 2.52. The minimum atomic E-state index is -5.05. The fraction of sp³-hybridized carbons (Fsp3) is 0.431. The Morgan fingerprint density at radius 3 is 2.05 bits per heavy atom. The SMILES string of the molecule is C=C1/C=C\C2=C(C/C=C(S(=O)(=O)O)\C=C/1S(=O)(=O)O)C(C)(C)C(/C=C/C=C/C=C1\N(CC)c3ccc4c(S(=O)(=O)O)cc(S(=O)(=O)O)cc4c3C1(C)C)=[N+]2CCCCCC(=O)NCCOCCOCCOCCn1cc(CN([C@@H](C(=O)NO)C(C)C)S(=O)(=O)c2ccc(OC)cc2)nn1. The fourth-order valence-electron chi connectivity index (χ4n) is 12.1. The fourth-order valence-corrected chi connectivity index (χ4v) is 16.4. The molecule has 34 heteroatoms. The van der Waals surface area contributed by atoms with Crippen molar-refractivity contribution in [1.29, 1.82) is 0 Å². The quantitative estimate of drug-likeness (QED) is 0.00617. The topological polar surface area (TPSA) is 407 Å². The van der Waals surface area contributed by atoms with Crippen molar-refractivity contribution in [3.05, 3.63) is 160 Å². The first-order valence-electron chi connectivity index (χ1n) is 31.4. The summed E-state index contributed by atoms with van der Waals surface area (Å²) in [5, 5.41) is 20.8. The van der Waals surface area contributed by atoms with Crippen molar-refractivity contribution in [2.45, 2.75) is 120 Å². The van der Waals surface area contributed by atoms with Gasteiger partial charge in [0.05, 0.1) is 85.6 Å².